The van der Waals surface area contributed by atoms with Crippen molar-refractivity contribution in [3.63, 3.8) is 0 Å². The van der Waals surface area contributed by atoms with Gasteiger partial charge in [0.1, 0.15) is 0 Å². The number of carbonyl (C=O) groups excluding carboxylic acids is 1. The molecule has 1 amide bonds. The van der Waals surface area contributed by atoms with Crippen LogP contribution in [0.3, 0.4) is 0 Å². The summed E-state index contributed by atoms with van der Waals surface area (Å²) < 4.78 is 0. The Bertz CT molecular complexity index is 671. The summed E-state index contributed by atoms with van der Waals surface area (Å²) in [4.78, 5) is 11.8. The molecule has 0 spiro atoms. The first-order valence-corrected chi connectivity index (χ1v) is 13.0. The number of carbonyl (C=O) groups is 1. The van der Waals surface area contributed by atoms with Gasteiger partial charge in [0.15, 0.2) is 0 Å². The van der Waals surface area contributed by atoms with Crippen LogP contribution in [0.2, 0.25) is 0 Å². The molecule has 0 heterocycles. The maximum absolute atomic E-state index is 11.8. The van der Waals surface area contributed by atoms with Crippen LogP contribution in [0.1, 0.15) is 85.5 Å². The summed E-state index contributed by atoms with van der Waals surface area (Å²) in [6.45, 7) is 9.45. The maximum Gasteiger partial charge on any atom is 0.233 e. The van der Waals surface area contributed by atoms with Crippen molar-refractivity contribution >= 4 is 5.91 Å². The zero-order valence-corrected chi connectivity index (χ0v) is 20.1. The van der Waals surface area contributed by atoms with E-state index in [2.05, 4.69) is 33.0 Å². The highest BCUT2D eigenvalue weighted by Gasteiger charge is 2.65. The van der Waals surface area contributed by atoms with Gasteiger partial charge < -0.3 is 21.3 Å². The summed E-state index contributed by atoms with van der Waals surface area (Å²) in [6, 6.07) is 0.169. The van der Waals surface area contributed by atoms with Crippen LogP contribution in [0.4, 0.5) is 0 Å². The number of amides is 1. The van der Waals surface area contributed by atoms with Crippen LogP contribution in [0.5, 0.6) is 0 Å². The third-order valence-corrected chi connectivity index (χ3v) is 10.8. The second-order valence-electron chi connectivity index (χ2n) is 12.1. The van der Waals surface area contributed by atoms with Gasteiger partial charge in [-0.3, -0.25) is 4.79 Å². The second-order valence-corrected chi connectivity index (χ2v) is 12.1. The van der Waals surface area contributed by atoms with Crippen LogP contribution in [0.15, 0.2) is 0 Å². The third-order valence-electron chi connectivity index (χ3n) is 10.8. The number of nitrogens with two attached hydrogens (primary N) is 1. The van der Waals surface area contributed by atoms with Crippen molar-refractivity contribution in [2.24, 2.45) is 52.1 Å². The molecule has 31 heavy (non-hydrogen) atoms. The molecule has 4 saturated carbocycles. The summed E-state index contributed by atoms with van der Waals surface area (Å²) in [7, 11) is 0. The van der Waals surface area contributed by atoms with E-state index in [4.69, 9.17) is 5.73 Å². The normalized spacial score (nSPS) is 50.2. The molecular formula is C26H46N2O3. The van der Waals surface area contributed by atoms with E-state index in [-0.39, 0.29) is 41.5 Å². The molecule has 4 rings (SSSR count). The maximum atomic E-state index is 11.8. The molecule has 4 unspecified atom stereocenters. The Kier molecular flexibility index (Phi) is 6.53. The first kappa shape index (κ1) is 23.5. The monoisotopic (exact) mass is 434 g/mol. The molecular weight excluding hydrogens is 388 g/mol. The molecule has 4 aliphatic rings. The second kappa shape index (κ2) is 8.61. The highest BCUT2D eigenvalue weighted by atomic mass is 16.3. The van der Waals surface area contributed by atoms with Crippen molar-refractivity contribution in [2.45, 2.75) is 104 Å². The van der Waals surface area contributed by atoms with E-state index in [9.17, 15) is 15.0 Å². The minimum atomic E-state index is -0.288. The average Bonchev–Trinajstić information content (AvgIpc) is 3.08. The molecule has 178 valence electrons. The Morgan fingerprint density at radius 3 is 2.55 bits per heavy atom. The lowest BCUT2D eigenvalue weighted by Gasteiger charge is -2.63. The van der Waals surface area contributed by atoms with E-state index in [1.165, 1.54) is 19.3 Å². The van der Waals surface area contributed by atoms with Gasteiger partial charge in [-0.25, -0.2) is 0 Å². The molecule has 4 aliphatic carbocycles. The summed E-state index contributed by atoms with van der Waals surface area (Å²) in [6.07, 6.45) is 8.85. The first-order chi connectivity index (χ1) is 14.7. The molecule has 4 fully saturated rings. The molecule has 11 atom stereocenters. The van der Waals surface area contributed by atoms with Crippen molar-refractivity contribution in [1.82, 2.24) is 5.32 Å². The predicted molar refractivity (Wildman–Crippen MR) is 123 cm³/mol. The van der Waals surface area contributed by atoms with Gasteiger partial charge in [-0.2, -0.15) is 0 Å². The van der Waals surface area contributed by atoms with Crippen molar-refractivity contribution in [1.29, 1.82) is 0 Å². The molecule has 5 nitrogen and oxygen atoms in total. The number of aliphatic hydroxyl groups excluding tert-OH is 2. The van der Waals surface area contributed by atoms with Crippen LogP contribution in [0.25, 0.3) is 0 Å². The summed E-state index contributed by atoms with van der Waals surface area (Å²) in [5, 5.41) is 26.2. The SMILES string of the molecule is CCCC(C)[C@H]1CCC2C3C(C[C@H](O)[C@@]21C)[C@@]1(C)CC[C@H](NC(=O)CN)C[C@H]1C[C@H]3O. The number of aliphatic hydroxyl groups is 2. The fourth-order valence-electron chi connectivity index (χ4n) is 9.23. The highest BCUT2D eigenvalue weighted by Crippen LogP contribution is 2.68. The smallest absolute Gasteiger partial charge is 0.233 e. The molecule has 5 N–H and O–H groups in total. The largest absolute Gasteiger partial charge is 0.393 e. The van der Waals surface area contributed by atoms with E-state index in [1.807, 2.05) is 0 Å². The zero-order chi connectivity index (χ0) is 22.6. The first-order valence-electron chi connectivity index (χ1n) is 13.0. The van der Waals surface area contributed by atoms with Crippen LogP contribution in [-0.2, 0) is 4.79 Å². The predicted octanol–water partition coefficient (Wildman–Crippen LogP) is 3.47. The lowest BCUT2D eigenvalue weighted by molar-refractivity contribution is -0.202. The topological polar surface area (TPSA) is 95.6 Å². The van der Waals surface area contributed by atoms with Gasteiger partial charge in [0.2, 0.25) is 5.91 Å². The van der Waals surface area contributed by atoms with Gasteiger partial charge in [-0.05, 0) is 91.3 Å². The minimum Gasteiger partial charge on any atom is -0.393 e. The average molecular weight is 435 g/mol. The summed E-state index contributed by atoms with van der Waals surface area (Å²) in [5.41, 5.74) is 5.58. The van der Waals surface area contributed by atoms with Crippen molar-refractivity contribution in [2.75, 3.05) is 6.54 Å². The van der Waals surface area contributed by atoms with Crippen LogP contribution < -0.4 is 11.1 Å². The quantitative estimate of drug-likeness (QED) is 0.533. The fraction of sp³-hybridized carbons (Fsp3) is 0.962. The Morgan fingerprint density at radius 1 is 1.13 bits per heavy atom. The summed E-state index contributed by atoms with van der Waals surface area (Å²) >= 11 is 0. The van der Waals surface area contributed by atoms with E-state index in [0.717, 1.165) is 38.5 Å². The minimum absolute atomic E-state index is 0.0375. The molecule has 0 aromatic heterocycles. The van der Waals surface area contributed by atoms with E-state index < -0.39 is 0 Å². The number of hydrogen-bond donors (Lipinski definition) is 4. The highest BCUT2D eigenvalue weighted by molar-refractivity contribution is 5.78. The van der Waals surface area contributed by atoms with Gasteiger partial charge in [0, 0.05) is 6.04 Å². The van der Waals surface area contributed by atoms with Crippen molar-refractivity contribution in [3.8, 4) is 0 Å². The van der Waals surface area contributed by atoms with Gasteiger partial charge in [0.25, 0.3) is 0 Å². The zero-order valence-electron chi connectivity index (χ0n) is 20.1. The Labute approximate surface area is 188 Å². The van der Waals surface area contributed by atoms with Crippen molar-refractivity contribution < 1.29 is 15.0 Å². The van der Waals surface area contributed by atoms with Gasteiger partial charge in [0.05, 0.1) is 18.8 Å². The van der Waals surface area contributed by atoms with Crippen LogP contribution in [-0.4, -0.2) is 40.9 Å². The van der Waals surface area contributed by atoms with Gasteiger partial charge >= 0.3 is 0 Å². The fourth-order valence-corrected chi connectivity index (χ4v) is 9.23. The molecule has 0 radical (unpaired) electrons. The Balaban J connectivity index is 1.57. The van der Waals surface area contributed by atoms with Crippen molar-refractivity contribution in [3.05, 3.63) is 0 Å². The van der Waals surface area contributed by atoms with Crippen LogP contribution >= 0.6 is 0 Å². The Morgan fingerprint density at radius 2 is 1.87 bits per heavy atom. The van der Waals surface area contributed by atoms with Crippen LogP contribution in [0, 0.1) is 46.3 Å². The van der Waals surface area contributed by atoms with E-state index in [0.29, 0.717) is 35.5 Å². The molecule has 0 aromatic carbocycles. The van der Waals surface area contributed by atoms with Gasteiger partial charge in [-0.1, -0.05) is 40.5 Å². The lowest BCUT2D eigenvalue weighted by atomic mass is 9.43. The Hall–Kier alpha value is -0.650. The molecule has 5 heteroatoms. The van der Waals surface area contributed by atoms with E-state index in [1.54, 1.807) is 0 Å². The molecule has 0 bridgehead atoms. The summed E-state index contributed by atoms with van der Waals surface area (Å²) in [5.74, 6) is 2.63. The molecule has 0 aliphatic heterocycles. The number of fused-ring (bicyclic) bond motifs is 5. The van der Waals surface area contributed by atoms with Gasteiger partial charge in [-0.15, -0.1) is 0 Å². The molecule has 0 saturated heterocycles. The number of nitrogens with one attached hydrogen (secondary N) is 1. The van der Waals surface area contributed by atoms with E-state index >= 15 is 0 Å². The number of hydrogen-bond acceptors (Lipinski definition) is 4. The number of rotatable bonds is 5. The lowest BCUT2D eigenvalue weighted by Crippen LogP contribution is -2.63. The molecule has 0 aromatic rings. The third kappa shape index (κ3) is 3.67. The standard InChI is InChI=1S/C26H46N2O3/c1-5-6-15(2)18-7-8-19-24-20(13-22(30)26(18,19)4)25(3)10-9-17(28-23(31)14-27)11-16(25)12-21(24)29/h15-22,24,29-30H,5-14,27H2,1-4H3,(H,28,31)/t15?,16-,17-,18+,19?,20?,21+,22-,24?,25-,26+/m0/s1.